The van der Waals surface area contributed by atoms with Gasteiger partial charge in [-0.3, -0.25) is 9.59 Å². The van der Waals surface area contributed by atoms with E-state index in [0.717, 1.165) is 9.92 Å². The first-order valence-corrected chi connectivity index (χ1v) is 10.3. The zero-order valence-electron chi connectivity index (χ0n) is 15.9. The Morgan fingerprint density at radius 2 is 1.24 bits per heavy atom. The first-order chi connectivity index (χ1) is 14.2. The second kappa shape index (κ2) is 8.92. The standard InChI is InChI=1S/C23H21N3O2S/c27-22(18-6-2-1-3-7-18)25-14-16-26(17-15-25)23(28)19-9-11-20(12-10-19)29-21-8-4-5-13-24-21/h1-13H,14-17H2. The number of aromatic nitrogens is 1. The van der Waals surface area contributed by atoms with Gasteiger partial charge in [-0.15, -0.1) is 0 Å². The summed E-state index contributed by atoms with van der Waals surface area (Å²) in [5.41, 5.74) is 1.35. The Labute approximate surface area is 174 Å². The molecule has 146 valence electrons. The third-order valence-corrected chi connectivity index (χ3v) is 5.79. The third kappa shape index (κ3) is 4.66. The molecule has 0 saturated carbocycles. The number of piperazine rings is 1. The Balaban J connectivity index is 1.34. The van der Waals surface area contributed by atoms with Gasteiger partial charge < -0.3 is 9.80 Å². The average Bonchev–Trinajstić information content (AvgIpc) is 2.80. The molecule has 5 nitrogen and oxygen atoms in total. The summed E-state index contributed by atoms with van der Waals surface area (Å²) in [5, 5.41) is 0.922. The van der Waals surface area contributed by atoms with Crippen molar-refractivity contribution >= 4 is 23.6 Å². The fourth-order valence-electron chi connectivity index (χ4n) is 3.25. The van der Waals surface area contributed by atoms with Gasteiger partial charge in [0.15, 0.2) is 0 Å². The van der Waals surface area contributed by atoms with E-state index in [0.29, 0.717) is 37.3 Å². The van der Waals surface area contributed by atoms with Gasteiger partial charge in [0.05, 0.1) is 0 Å². The molecule has 4 rings (SSSR count). The van der Waals surface area contributed by atoms with Gasteiger partial charge in [-0.05, 0) is 48.5 Å². The summed E-state index contributed by atoms with van der Waals surface area (Å²) in [6.07, 6.45) is 1.77. The minimum Gasteiger partial charge on any atom is -0.335 e. The predicted molar refractivity (Wildman–Crippen MR) is 113 cm³/mol. The fraction of sp³-hybridized carbons (Fsp3) is 0.174. The van der Waals surface area contributed by atoms with Crippen molar-refractivity contribution in [3.8, 4) is 0 Å². The van der Waals surface area contributed by atoms with Crippen LogP contribution >= 0.6 is 11.8 Å². The number of benzene rings is 2. The fourth-order valence-corrected chi connectivity index (χ4v) is 4.03. The molecule has 0 radical (unpaired) electrons. The maximum absolute atomic E-state index is 12.8. The largest absolute Gasteiger partial charge is 0.335 e. The van der Waals surface area contributed by atoms with Crippen molar-refractivity contribution in [1.29, 1.82) is 0 Å². The second-order valence-electron chi connectivity index (χ2n) is 6.74. The molecule has 1 saturated heterocycles. The zero-order chi connectivity index (χ0) is 20.1. The third-order valence-electron chi connectivity index (χ3n) is 4.84. The molecule has 3 aromatic rings. The molecule has 6 heteroatoms. The van der Waals surface area contributed by atoms with Gasteiger partial charge >= 0.3 is 0 Å². The highest BCUT2D eigenvalue weighted by Crippen LogP contribution is 2.26. The summed E-state index contributed by atoms with van der Waals surface area (Å²) in [7, 11) is 0. The summed E-state index contributed by atoms with van der Waals surface area (Å²) in [6, 6.07) is 22.7. The molecule has 1 aliphatic heterocycles. The molecule has 1 aromatic heterocycles. The number of carbonyl (C=O) groups is 2. The van der Waals surface area contributed by atoms with Crippen LogP contribution in [-0.2, 0) is 0 Å². The minimum absolute atomic E-state index is 0.00574. The van der Waals surface area contributed by atoms with Crippen LogP contribution in [0.1, 0.15) is 20.7 Å². The average molecular weight is 404 g/mol. The van der Waals surface area contributed by atoms with Crippen molar-refractivity contribution in [3.05, 3.63) is 90.1 Å². The molecule has 0 unspecified atom stereocenters. The van der Waals surface area contributed by atoms with Crippen LogP contribution in [0.25, 0.3) is 0 Å². The number of amides is 2. The van der Waals surface area contributed by atoms with Crippen LogP contribution in [0.4, 0.5) is 0 Å². The predicted octanol–water partition coefficient (Wildman–Crippen LogP) is 3.83. The number of carbonyl (C=O) groups excluding carboxylic acids is 2. The lowest BCUT2D eigenvalue weighted by molar-refractivity contribution is 0.0535. The van der Waals surface area contributed by atoms with E-state index in [2.05, 4.69) is 4.98 Å². The van der Waals surface area contributed by atoms with Crippen molar-refractivity contribution in [3.63, 3.8) is 0 Å². The van der Waals surface area contributed by atoms with E-state index in [4.69, 9.17) is 0 Å². The maximum Gasteiger partial charge on any atom is 0.253 e. The van der Waals surface area contributed by atoms with Crippen LogP contribution in [0, 0.1) is 0 Å². The Morgan fingerprint density at radius 3 is 1.79 bits per heavy atom. The Hall–Kier alpha value is -3.12. The highest BCUT2D eigenvalue weighted by Gasteiger charge is 2.25. The molecule has 1 fully saturated rings. The number of nitrogens with zero attached hydrogens (tertiary/aromatic N) is 3. The molecule has 1 aliphatic rings. The Bertz CT molecular complexity index is 970. The van der Waals surface area contributed by atoms with E-state index in [-0.39, 0.29) is 11.8 Å². The lowest BCUT2D eigenvalue weighted by Gasteiger charge is -2.35. The van der Waals surface area contributed by atoms with Gasteiger partial charge in [-0.25, -0.2) is 4.98 Å². The second-order valence-corrected chi connectivity index (χ2v) is 7.84. The van der Waals surface area contributed by atoms with E-state index in [9.17, 15) is 9.59 Å². The minimum atomic E-state index is 0.00574. The quantitative estimate of drug-likeness (QED) is 0.664. The molecule has 29 heavy (non-hydrogen) atoms. The summed E-state index contributed by atoms with van der Waals surface area (Å²) in [6.45, 7) is 2.18. The van der Waals surface area contributed by atoms with Crippen LogP contribution in [-0.4, -0.2) is 52.8 Å². The zero-order valence-corrected chi connectivity index (χ0v) is 16.7. The number of hydrogen-bond acceptors (Lipinski definition) is 4. The first-order valence-electron chi connectivity index (χ1n) is 9.53. The summed E-state index contributed by atoms with van der Waals surface area (Å²) < 4.78 is 0. The van der Waals surface area contributed by atoms with E-state index >= 15 is 0 Å². The van der Waals surface area contributed by atoms with Crippen LogP contribution in [0.15, 0.2) is 88.9 Å². The number of hydrogen-bond donors (Lipinski definition) is 0. The maximum atomic E-state index is 12.8. The van der Waals surface area contributed by atoms with Crippen molar-refractivity contribution in [2.75, 3.05) is 26.2 Å². The molecular formula is C23H21N3O2S. The van der Waals surface area contributed by atoms with Crippen LogP contribution in [0.2, 0.25) is 0 Å². The molecule has 0 aliphatic carbocycles. The van der Waals surface area contributed by atoms with Crippen molar-refractivity contribution in [1.82, 2.24) is 14.8 Å². The summed E-state index contributed by atoms with van der Waals surface area (Å²) in [4.78, 5) is 34.3. The van der Waals surface area contributed by atoms with Gasteiger partial charge in [0.2, 0.25) is 0 Å². The molecule has 2 amide bonds. The molecule has 0 N–H and O–H groups in total. The summed E-state index contributed by atoms with van der Waals surface area (Å²) in [5.74, 6) is 0.0276. The molecule has 2 aromatic carbocycles. The van der Waals surface area contributed by atoms with Crippen LogP contribution in [0.5, 0.6) is 0 Å². The monoisotopic (exact) mass is 403 g/mol. The van der Waals surface area contributed by atoms with Crippen LogP contribution in [0.3, 0.4) is 0 Å². The van der Waals surface area contributed by atoms with E-state index in [1.54, 1.807) is 18.0 Å². The first kappa shape index (κ1) is 19.2. The van der Waals surface area contributed by atoms with Crippen LogP contribution < -0.4 is 0 Å². The van der Waals surface area contributed by atoms with E-state index < -0.39 is 0 Å². The summed E-state index contributed by atoms with van der Waals surface area (Å²) >= 11 is 1.56. The van der Waals surface area contributed by atoms with Gasteiger partial charge in [0.1, 0.15) is 5.03 Å². The molecular weight excluding hydrogens is 382 g/mol. The number of pyridine rings is 1. The van der Waals surface area contributed by atoms with E-state index in [1.165, 1.54) is 0 Å². The Kier molecular flexibility index (Phi) is 5.91. The van der Waals surface area contributed by atoms with Gasteiger partial charge in [0, 0.05) is 48.4 Å². The van der Waals surface area contributed by atoms with Crippen molar-refractivity contribution in [2.45, 2.75) is 9.92 Å². The molecule has 2 heterocycles. The topological polar surface area (TPSA) is 53.5 Å². The van der Waals surface area contributed by atoms with Gasteiger partial charge in [-0.1, -0.05) is 36.0 Å². The van der Waals surface area contributed by atoms with Gasteiger partial charge in [0.25, 0.3) is 11.8 Å². The SMILES string of the molecule is O=C(c1ccccc1)N1CCN(C(=O)c2ccc(Sc3ccccn3)cc2)CC1. The lowest BCUT2D eigenvalue weighted by atomic mass is 10.1. The molecule has 0 atom stereocenters. The van der Waals surface area contributed by atoms with E-state index in [1.807, 2.05) is 82.6 Å². The highest BCUT2D eigenvalue weighted by atomic mass is 32.2. The van der Waals surface area contributed by atoms with Crippen molar-refractivity contribution in [2.24, 2.45) is 0 Å². The normalized spacial score (nSPS) is 13.9. The lowest BCUT2D eigenvalue weighted by Crippen LogP contribution is -2.50. The molecule has 0 spiro atoms. The smallest absolute Gasteiger partial charge is 0.253 e. The molecule has 0 bridgehead atoms. The van der Waals surface area contributed by atoms with Gasteiger partial charge in [-0.2, -0.15) is 0 Å². The highest BCUT2D eigenvalue weighted by molar-refractivity contribution is 7.99. The van der Waals surface area contributed by atoms with Crippen molar-refractivity contribution < 1.29 is 9.59 Å². The Morgan fingerprint density at radius 1 is 0.690 bits per heavy atom. The number of rotatable bonds is 4.